The number of carbonyl (C=O) groups excluding carboxylic acids is 1. The molecule has 0 aromatic heterocycles. The van der Waals surface area contributed by atoms with Gasteiger partial charge in [0, 0.05) is 17.9 Å². The van der Waals surface area contributed by atoms with Gasteiger partial charge in [-0.25, -0.2) is 0 Å². The topological polar surface area (TPSA) is 87.7 Å². The lowest BCUT2D eigenvalue weighted by Crippen LogP contribution is -2.43. The smallest absolute Gasteiger partial charge is 0.223 e. The molecule has 0 unspecified atom stereocenters. The largest absolute Gasteiger partial charge is 0.409 e. The summed E-state index contributed by atoms with van der Waals surface area (Å²) in [5.41, 5.74) is 5.03. The predicted octanol–water partition coefficient (Wildman–Crippen LogP) is 1.07. The first kappa shape index (κ1) is 12.8. The molecule has 0 heterocycles. The van der Waals surface area contributed by atoms with Gasteiger partial charge in [0.15, 0.2) is 0 Å². The number of rotatable bonds is 4. The maximum absolute atomic E-state index is 11.7. The molecule has 1 saturated carbocycles. The Morgan fingerprint density at radius 1 is 1.50 bits per heavy atom. The maximum Gasteiger partial charge on any atom is 0.223 e. The fourth-order valence-corrected chi connectivity index (χ4v) is 1.87. The zero-order valence-electron chi connectivity index (χ0n) is 9.99. The maximum atomic E-state index is 11.7. The van der Waals surface area contributed by atoms with Gasteiger partial charge in [0.05, 0.1) is 0 Å². The Morgan fingerprint density at radius 2 is 2.06 bits per heavy atom. The Hall–Kier alpha value is -1.26. The Morgan fingerprint density at radius 3 is 2.56 bits per heavy atom. The van der Waals surface area contributed by atoms with Gasteiger partial charge >= 0.3 is 0 Å². The molecule has 0 saturated heterocycles. The van der Waals surface area contributed by atoms with Crippen molar-refractivity contribution in [3.8, 4) is 0 Å². The molecule has 1 amide bonds. The fraction of sp³-hybridized carbons (Fsp3) is 0.818. The number of nitrogens with one attached hydrogen (secondary N) is 1. The average Bonchev–Trinajstić information content (AvgIpc) is 2.78. The first-order valence-corrected chi connectivity index (χ1v) is 5.73. The minimum atomic E-state index is -0.511. The highest BCUT2D eigenvalue weighted by molar-refractivity contribution is 5.86. The molecule has 1 fully saturated rings. The molecule has 0 aliphatic heterocycles. The number of oxime groups is 1. The summed E-state index contributed by atoms with van der Waals surface area (Å²) in [7, 11) is 0. The van der Waals surface area contributed by atoms with Gasteiger partial charge in [-0.1, -0.05) is 31.8 Å². The minimum Gasteiger partial charge on any atom is -0.409 e. The molecule has 92 valence electrons. The number of hydrogen-bond donors (Lipinski definition) is 3. The highest BCUT2D eigenvalue weighted by atomic mass is 16.4. The highest BCUT2D eigenvalue weighted by Crippen LogP contribution is 2.25. The van der Waals surface area contributed by atoms with Crippen LogP contribution >= 0.6 is 0 Å². The molecule has 5 nitrogen and oxygen atoms in total. The summed E-state index contributed by atoms with van der Waals surface area (Å²) < 4.78 is 0. The number of amides is 1. The summed E-state index contributed by atoms with van der Waals surface area (Å²) in [5.74, 6) is 0.388. The van der Waals surface area contributed by atoms with Crippen molar-refractivity contribution in [2.24, 2.45) is 22.2 Å². The van der Waals surface area contributed by atoms with Gasteiger partial charge in [-0.2, -0.15) is 0 Å². The monoisotopic (exact) mass is 227 g/mol. The summed E-state index contributed by atoms with van der Waals surface area (Å²) in [5, 5.41) is 14.4. The van der Waals surface area contributed by atoms with Crippen molar-refractivity contribution in [3.63, 3.8) is 0 Å². The average molecular weight is 227 g/mol. The number of carbonyl (C=O) groups is 1. The van der Waals surface area contributed by atoms with Gasteiger partial charge in [-0.15, -0.1) is 0 Å². The van der Waals surface area contributed by atoms with Gasteiger partial charge in [-0.05, 0) is 12.8 Å². The lowest BCUT2D eigenvalue weighted by atomic mass is 9.92. The third-order valence-corrected chi connectivity index (χ3v) is 3.23. The first-order valence-electron chi connectivity index (χ1n) is 5.73. The Balaban J connectivity index is 2.41. The molecule has 0 aromatic carbocycles. The number of nitrogens with zero attached hydrogens (tertiary/aromatic N) is 1. The molecule has 1 aliphatic rings. The van der Waals surface area contributed by atoms with E-state index in [0.717, 1.165) is 25.7 Å². The summed E-state index contributed by atoms with van der Waals surface area (Å²) in [4.78, 5) is 11.7. The van der Waals surface area contributed by atoms with Crippen LogP contribution in [-0.4, -0.2) is 23.5 Å². The van der Waals surface area contributed by atoms with E-state index in [0.29, 0.717) is 6.54 Å². The van der Waals surface area contributed by atoms with Crippen molar-refractivity contribution in [3.05, 3.63) is 0 Å². The summed E-state index contributed by atoms with van der Waals surface area (Å²) >= 11 is 0. The van der Waals surface area contributed by atoms with E-state index in [2.05, 4.69) is 10.5 Å². The molecule has 5 heteroatoms. The molecule has 16 heavy (non-hydrogen) atoms. The SMILES string of the molecule is CC(C)(CNC(=O)C1CCCC1)C(N)=NO. The standard InChI is InChI=1S/C11H21N3O2/c1-11(2,10(12)14-16)7-13-9(15)8-5-3-4-6-8/h8,16H,3-7H2,1-2H3,(H2,12,14)(H,13,15). The third kappa shape index (κ3) is 3.12. The summed E-state index contributed by atoms with van der Waals surface area (Å²) in [6, 6.07) is 0. The van der Waals surface area contributed by atoms with Crippen LogP contribution in [-0.2, 0) is 4.79 Å². The van der Waals surface area contributed by atoms with Crippen molar-refractivity contribution >= 4 is 11.7 Å². The van der Waals surface area contributed by atoms with Crippen LogP contribution in [0, 0.1) is 11.3 Å². The van der Waals surface area contributed by atoms with Crippen LogP contribution in [0.1, 0.15) is 39.5 Å². The highest BCUT2D eigenvalue weighted by Gasteiger charge is 2.27. The molecule has 0 bridgehead atoms. The Kier molecular flexibility index (Phi) is 4.15. The summed E-state index contributed by atoms with van der Waals surface area (Å²) in [6.45, 7) is 4.06. The van der Waals surface area contributed by atoms with Crippen LogP contribution in [0.25, 0.3) is 0 Å². The molecule has 0 radical (unpaired) electrons. The minimum absolute atomic E-state index is 0.0938. The normalized spacial score (nSPS) is 18.8. The Bertz CT molecular complexity index is 281. The van der Waals surface area contributed by atoms with E-state index in [1.165, 1.54) is 0 Å². The van der Waals surface area contributed by atoms with Crippen molar-refractivity contribution in [1.82, 2.24) is 5.32 Å². The second kappa shape index (κ2) is 5.18. The second-order valence-corrected chi connectivity index (χ2v) is 5.07. The molecule has 4 N–H and O–H groups in total. The fourth-order valence-electron chi connectivity index (χ4n) is 1.87. The van der Waals surface area contributed by atoms with Gasteiger partial charge in [0.25, 0.3) is 0 Å². The van der Waals surface area contributed by atoms with Crippen LogP contribution in [0.4, 0.5) is 0 Å². The van der Waals surface area contributed by atoms with Crippen molar-refractivity contribution in [1.29, 1.82) is 0 Å². The van der Waals surface area contributed by atoms with E-state index < -0.39 is 5.41 Å². The number of hydrogen-bond acceptors (Lipinski definition) is 3. The molecule has 1 aliphatic carbocycles. The van der Waals surface area contributed by atoms with Crippen LogP contribution < -0.4 is 11.1 Å². The number of nitrogens with two attached hydrogens (primary N) is 1. The van der Waals surface area contributed by atoms with Crippen molar-refractivity contribution < 1.29 is 10.0 Å². The van der Waals surface area contributed by atoms with Crippen LogP contribution in [0.3, 0.4) is 0 Å². The van der Waals surface area contributed by atoms with Gasteiger partial charge < -0.3 is 16.3 Å². The van der Waals surface area contributed by atoms with E-state index >= 15 is 0 Å². The van der Waals surface area contributed by atoms with Gasteiger partial charge in [-0.3, -0.25) is 4.79 Å². The van der Waals surface area contributed by atoms with Crippen LogP contribution in [0.5, 0.6) is 0 Å². The molecular formula is C11H21N3O2. The first-order chi connectivity index (χ1) is 7.47. The Labute approximate surface area is 96.1 Å². The second-order valence-electron chi connectivity index (χ2n) is 5.07. The zero-order chi connectivity index (χ0) is 12.2. The zero-order valence-corrected chi connectivity index (χ0v) is 9.99. The number of amidine groups is 1. The van der Waals surface area contributed by atoms with Crippen LogP contribution in [0.2, 0.25) is 0 Å². The molecular weight excluding hydrogens is 206 g/mol. The molecule has 0 spiro atoms. The van der Waals surface area contributed by atoms with Gasteiger partial charge in [0.2, 0.25) is 5.91 Å². The van der Waals surface area contributed by atoms with E-state index in [9.17, 15) is 4.79 Å². The summed E-state index contributed by atoms with van der Waals surface area (Å²) in [6.07, 6.45) is 4.25. The van der Waals surface area contributed by atoms with E-state index in [1.54, 1.807) is 0 Å². The van der Waals surface area contributed by atoms with Crippen molar-refractivity contribution in [2.45, 2.75) is 39.5 Å². The molecule has 0 atom stereocenters. The van der Waals surface area contributed by atoms with E-state index in [1.807, 2.05) is 13.8 Å². The predicted molar refractivity (Wildman–Crippen MR) is 62.2 cm³/mol. The lowest BCUT2D eigenvalue weighted by Gasteiger charge is -2.24. The molecule has 1 rings (SSSR count). The van der Waals surface area contributed by atoms with Crippen molar-refractivity contribution in [2.75, 3.05) is 6.54 Å². The lowest BCUT2D eigenvalue weighted by molar-refractivity contribution is -0.125. The quantitative estimate of drug-likeness (QED) is 0.290. The van der Waals surface area contributed by atoms with Crippen LogP contribution in [0.15, 0.2) is 5.16 Å². The van der Waals surface area contributed by atoms with E-state index in [-0.39, 0.29) is 17.7 Å². The third-order valence-electron chi connectivity index (χ3n) is 3.23. The van der Waals surface area contributed by atoms with E-state index in [4.69, 9.17) is 10.9 Å². The molecule has 0 aromatic rings. The van der Waals surface area contributed by atoms with Gasteiger partial charge in [0.1, 0.15) is 5.84 Å².